The first-order valence-corrected chi connectivity index (χ1v) is 8.89. The van der Waals surface area contributed by atoms with Crippen LogP contribution in [-0.4, -0.2) is 17.7 Å². The Labute approximate surface area is 140 Å². The number of thiophene rings is 1. The zero-order valence-electron chi connectivity index (χ0n) is 13.3. The molecule has 3 N–H and O–H groups in total. The number of carbonyl (C=O) groups excluding carboxylic acids is 2. The van der Waals surface area contributed by atoms with Gasteiger partial charge in [-0.3, -0.25) is 9.59 Å². The van der Waals surface area contributed by atoms with Gasteiger partial charge in [0.1, 0.15) is 5.00 Å². The third-order valence-corrected chi connectivity index (χ3v) is 5.67. The van der Waals surface area contributed by atoms with E-state index < -0.39 is 5.91 Å². The highest BCUT2D eigenvalue weighted by molar-refractivity contribution is 7.17. The second-order valence-corrected chi connectivity index (χ2v) is 8.35. The third kappa shape index (κ3) is 3.63. The number of anilines is 1. The van der Waals surface area contributed by atoms with Gasteiger partial charge < -0.3 is 11.1 Å². The number of primary amides is 1. The van der Waals surface area contributed by atoms with Gasteiger partial charge in [0.05, 0.1) is 5.56 Å². The van der Waals surface area contributed by atoms with Crippen LogP contribution >= 0.6 is 22.9 Å². The second kappa shape index (κ2) is 6.59. The predicted octanol–water partition coefficient (Wildman–Crippen LogP) is 3.57. The monoisotopic (exact) mass is 342 g/mol. The smallest absolute Gasteiger partial charge is 0.251 e. The van der Waals surface area contributed by atoms with E-state index in [0.29, 0.717) is 16.5 Å². The van der Waals surface area contributed by atoms with E-state index in [1.807, 2.05) is 0 Å². The maximum absolute atomic E-state index is 11.8. The fraction of sp³-hybridized carbons (Fsp3) is 0.625. The summed E-state index contributed by atoms with van der Waals surface area (Å²) in [6.45, 7) is 6.73. The Balaban J connectivity index is 2.32. The van der Waals surface area contributed by atoms with Crippen molar-refractivity contribution in [1.29, 1.82) is 0 Å². The van der Waals surface area contributed by atoms with E-state index in [-0.39, 0.29) is 23.6 Å². The van der Waals surface area contributed by atoms with Gasteiger partial charge in [0, 0.05) is 17.2 Å². The summed E-state index contributed by atoms with van der Waals surface area (Å²) in [6, 6.07) is 0. The molecule has 0 bridgehead atoms. The molecule has 0 saturated carbocycles. The van der Waals surface area contributed by atoms with Gasteiger partial charge in [0.15, 0.2) is 0 Å². The molecule has 2 amide bonds. The van der Waals surface area contributed by atoms with Crippen LogP contribution in [0.1, 0.15) is 54.4 Å². The van der Waals surface area contributed by atoms with Crippen molar-refractivity contribution in [2.24, 2.45) is 17.1 Å². The summed E-state index contributed by atoms with van der Waals surface area (Å²) in [5.74, 6) is 0.191. The molecule has 0 radical (unpaired) electrons. The Morgan fingerprint density at radius 1 is 1.41 bits per heavy atom. The molecular formula is C16H23ClN2O2S. The molecule has 6 heteroatoms. The lowest BCUT2D eigenvalue weighted by Crippen LogP contribution is -2.27. The summed E-state index contributed by atoms with van der Waals surface area (Å²) in [6.07, 6.45) is 3.06. The first-order valence-electron chi connectivity index (χ1n) is 7.54. The molecule has 4 nitrogen and oxygen atoms in total. The first-order chi connectivity index (χ1) is 10.2. The molecule has 1 atom stereocenters. The van der Waals surface area contributed by atoms with Crippen molar-refractivity contribution in [3.05, 3.63) is 16.0 Å². The number of nitrogens with two attached hydrogens (primary N) is 1. The van der Waals surface area contributed by atoms with Gasteiger partial charge in [-0.05, 0) is 36.2 Å². The summed E-state index contributed by atoms with van der Waals surface area (Å²) in [4.78, 5) is 24.8. The van der Waals surface area contributed by atoms with E-state index in [0.717, 1.165) is 24.8 Å². The number of fused-ring (bicyclic) bond motifs is 1. The minimum atomic E-state index is -0.465. The Morgan fingerprint density at radius 3 is 2.64 bits per heavy atom. The van der Waals surface area contributed by atoms with Gasteiger partial charge in [0.25, 0.3) is 5.91 Å². The molecule has 1 heterocycles. The topological polar surface area (TPSA) is 72.2 Å². The highest BCUT2D eigenvalue weighted by Gasteiger charge is 2.33. The molecule has 1 aromatic rings. The molecule has 1 unspecified atom stereocenters. The average Bonchev–Trinajstić information content (AvgIpc) is 2.74. The standard InChI is InChI=1S/C16H23ClN2O2S/c1-16(2,3)9-4-5-10-11(8-9)22-15(13(10)14(18)21)19-12(20)6-7-17/h9H,4-8H2,1-3H3,(H2,18,21)(H,19,20). The zero-order valence-corrected chi connectivity index (χ0v) is 14.9. The molecule has 1 aromatic heterocycles. The van der Waals surface area contributed by atoms with E-state index in [4.69, 9.17) is 17.3 Å². The largest absolute Gasteiger partial charge is 0.365 e. The Hall–Kier alpha value is -1.07. The summed E-state index contributed by atoms with van der Waals surface area (Å²) >= 11 is 7.07. The number of amides is 2. The van der Waals surface area contributed by atoms with Crippen molar-refractivity contribution in [2.75, 3.05) is 11.2 Å². The SMILES string of the molecule is CC(C)(C)C1CCc2c(sc(NC(=O)CCCl)c2C(N)=O)C1. The number of rotatable bonds is 4. The van der Waals surface area contributed by atoms with Crippen molar-refractivity contribution >= 4 is 39.8 Å². The van der Waals surface area contributed by atoms with Gasteiger partial charge in [-0.2, -0.15) is 0 Å². The minimum Gasteiger partial charge on any atom is -0.365 e. The zero-order chi connectivity index (χ0) is 16.5. The van der Waals surface area contributed by atoms with E-state index in [9.17, 15) is 9.59 Å². The summed E-state index contributed by atoms with van der Waals surface area (Å²) in [5.41, 5.74) is 7.30. The maximum atomic E-state index is 11.8. The highest BCUT2D eigenvalue weighted by atomic mass is 35.5. The van der Waals surface area contributed by atoms with Crippen LogP contribution in [0.5, 0.6) is 0 Å². The van der Waals surface area contributed by atoms with Crippen molar-refractivity contribution in [1.82, 2.24) is 0 Å². The van der Waals surface area contributed by atoms with E-state index in [1.165, 1.54) is 16.2 Å². The number of halogens is 1. The van der Waals surface area contributed by atoms with E-state index in [2.05, 4.69) is 26.1 Å². The van der Waals surface area contributed by atoms with E-state index >= 15 is 0 Å². The fourth-order valence-corrected chi connectivity index (χ4v) is 4.47. The van der Waals surface area contributed by atoms with Crippen molar-refractivity contribution in [3.63, 3.8) is 0 Å². The van der Waals surface area contributed by atoms with Crippen LogP contribution in [0.3, 0.4) is 0 Å². The average molecular weight is 343 g/mol. The van der Waals surface area contributed by atoms with Crippen LogP contribution in [-0.2, 0) is 17.6 Å². The lowest BCUT2D eigenvalue weighted by Gasteiger charge is -2.33. The highest BCUT2D eigenvalue weighted by Crippen LogP contribution is 2.44. The molecule has 0 saturated heterocycles. The number of hydrogen-bond donors (Lipinski definition) is 2. The molecule has 1 aliphatic rings. The number of hydrogen-bond acceptors (Lipinski definition) is 3. The summed E-state index contributed by atoms with van der Waals surface area (Å²) in [7, 11) is 0. The van der Waals surface area contributed by atoms with Crippen molar-refractivity contribution in [2.45, 2.75) is 46.5 Å². The number of carbonyl (C=O) groups is 2. The molecular weight excluding hydrogens is 320 g/mol. The lowest BCUT2D eigenvalue weighted by atomic mass is 9.72. The molecule has 0 aromatic carbocycles. The maximum Gasteiger partial charge on any atom is 0.251 e. The fourth-order valence-electron chi connectivity index (χ4n) is 2.95. The summed E-state index contributed by atoms with van der Waals surface area (Å²) < 4.78 is 0. The van der Waals surface area contributed by atoms with Crippen LogP contribution in [0.4, 0.5) is 5.00 Å². The Bertz CT molecular complexity index is 590. The molecule has 1 aliphatic carbocycles. The van der Waals surface area contributed by atoms with Crippen LogP contribution < -0.4 is 11.1 Å². The molecule has 0 aliphatic heterocycles. The van der Waals surface area contributed by atoms with Crippen LogP contribution in [0.25, 0.3) is 0 Å². The van der Waals surface area contributed by atoms with Gasteiger partial charge in [-0.1, -0.05) is 20.8 Å². The van der Waals surface area contributed by atoms with Crippen LogP contribution in [0, 0.1) is 11.3 Å². The van der Waals surface area contributed by atoms with E-state index in [1.54, 1.807) is 0 Å². The van der Waals surface area contributed by atoms with Gasteiger partial charge in [0.2, 0.25) is 5.91 Å². The van der Waals surface area contributed by atoms with Gasteiger partial charge >= 0.3 is 0 Å². The second-order valence-electron chi connectivity index (χ2n) is 6.87. The Kier molecular flexibility index (Phi) is 5.17. The molecule has 122 valence electrons. The molecule has 22 heavy (non-hydrogen) atoms. The molecule has 0 spiro atoms. The van der Waals surface area contributed by atoms with Crippen molar-refractivity contribution in [3.8, 4) is 0 Å². The Morgan fingerprint density at radius 2 is 2.09 bits per heavy atom. The predicted molar refractivity (Wildman–Crippen MR) is 91.8 cm³/mol. The summed E-state index contributed by atoms with van der Waals surface area (Å²) in [5, 5.41) is 3.38. The van der Waals surface area contributed by atoms with Crippen molar-refractivity contribution < 1.29 is 9.59 Å². The number of alkyl halides is 1. The lowest BCUT2D eigenvalue weighted by molar-refractivity contribution is -0.115. The third-order valence-electron chi connectivity index (χ3n) is 4.31. The van der Waals surface area contributed by atoms with Crippen LogP contribution in [0.2, 0.25) is 0 Å². The number of nitrogens with one attached hydrogen (secondary N) is 1. The minimum absolute atomic E-state index is 0.177. The molecule has 2 rings (SSSR count). The molecule has 0 fully saturated rings. The van der Waals surface area contributed by atoms with Gasteiger partial charge in [-0.25, -0.2) is 0 Å². The van der Waals surface area contributed by atoms with Gasteiger partial charge in [-0.15, -0.1) is 22.9 Å². The quantitative estimate of drug-likeness (QED) is 0.821. The first kappa shape index (κ1) is 17.3. The normalized spacial score (nSPS) is 17.9. The van der Waals surface area contributed by atoms with Crippen LogP contribution in [0.15, 0.2) is 0 Å².